The second-order valence-electron chi connectivity index (χ2n) is 8.13. The average Bonchev–Trinajstić information content (AvgIpc) is 3.24. The summed E-state index contributed by atoms with van der Waals surface area (Å²) in [5.41, 5.74) is 2.91. The minimum atomic E-state index is -3.51. The molecular weight excluding hydrogens is 438 g/mol. The van der Waals surface area contributed by atoms with Gasteiger partial charge in [0.25, 0.3) is 0 Å². The fourth-order valence-electron chi connectivity index (χ4n) is 4.45. The van der Waals surface area contributed by atoms with Crippen LogP contribution in [0.2, 0.25) is 0 Å². The molecule has 0 saturated heterocycles. The van der Waals surface area contributed by atoms with E-state index < -0.39 is 10.0 Å². The van der Waals surface area contributed by atoms with Crippen molar-refractivity contribution in [3.05, 3.63) is 64.8 Å². The van der Waals surface area contributed by atoms with Gasteiger partial charge in [0.1, 0.15) is 0 Å². The quantitative estimate of drug-likeness (QED) is 0.427. The molecule has 0 radical (unpaired) electrons. The lowest BCUT2D eigenvalue weighted by molar-refractivity contribution is 0.351. The van der Waals surface area contributed by atoms with Crippen molar-refractivity contribution in [1.29, 1.82) is 0 Å². The number of para-hydroxylation sites is 1. The molecular formula is C25H31N3O2S2. The van der Waals surface area contributed by atoms with Crippen LogP contribution >= 0.6 is 11.3 Å². The molecule has 1 aliphatic rings. The summed E-state index contributed by atoms with van der Waals surface area (Å²) in [6, 6.07) is 17.8. The molecule has 0 unspecified atom stereocenters. The number of sulfonamides is 1. The number of thiazole rings is 1. The number of hydrogen-bond donors (Lipinski definition) is 0. The molecule has 1 aliphatic carbocycles. The SMILES string of the molecule is CCN(CC)S(=O)(=O)c1cccc(-c2csc(=Nc3ccccc3)n2C2CCCCC2)c1. The Morgan fingerprint density at radius 2 is 1.72 bits per heavy atom. The van der Waals surface area contributed by atoms with E-state index in [1.165, 1.54) is 23.6 Å². The lowest BCUT2D eigenvalue weighted by Crippen LogP contribution is -2.30. The van der Waals surface area contributed by atoms with Gasteiger partial charge in [0.05, 0.1) is 16.3 Å². The molecule has 1 saturated carbocycles. The summed E-state index contributed by atoms with van der Waals surface area (Å²) >= 11 is 1.62. The summed E-state index contributed by atoms with van der Waals surface area (Å²) < 4.78 is 30.1. The Bertz CT molecular complexity index is 1200. The Morgan fingerprint density at radius 1 is 1.00 bits per heavy atom. The Balaban J connectivity index is 1.83. The van der Waals surface area contributed by atoms with Gasteiger partial charge >= 0.3 is 0 Å². The summed E-state index contributed by atoms with van der Waals surface area (Å²) in [7, 11) is -3.51. The van der Waals surface area contributed by atoms with E-state index in [-0.39, 0.29) is 0 Å². The molecule has 32 heavy (non-hydrogen) atoms. The first-order chi connectivity index (χ1) is 15.5. The highest BCUT2D eigenvalue weighted by atomic mass is 32.2. The summed E-state index contributed by atoms with van der Waals surface area (Å²) in [6.07, 6.45) is 5.97. The molecule has 0 amide bonds. The van der Waals surface area contributed by atoms with Gasteiger partial charge in [-0.3, -0.25) is 0 Å². The summed E-state index contributed by atoms with van der Waals surface area (Å²) in [5.74, 6) is 0. The van der Waals surface area contributed by atoms with Crippen LogP contribution < -0.4 is 4.80 Å². The third kappa shape index (κ3) is 4.75. The number of hydrogen-bond acceptors (Lipinski definition) is 4. The van der Waals surface area contributed by atoms with Gasteiger partial charge < -0.3 is 4.57 Å². The molecule has 1 aromatic heterocycles. The predicted molar refractivity (Wildman–Crippen MR) is 132 cm³/mol. The molecule has 3 aromatic rings. The normalized spacial score (nSPS) is 16.0. The van der Waals surface area contributed by atoms with Gasteiger partial charge in [-0.15, -0.1) is 11.3 Å². The molecule has 5 nitrogen and oxygen atoms in total. The van der Waals surface area contributed by atoms with Gasteiger partial charge in [-0.25, -0.2) is 13.4 Å². The number of aromatic nitrogens is 1. The van der Waals surface area contributed by atoms with Crippen molar-refractivity contribution in [3.8, 4) is 11.3 Å². The number of rotatable bonds is 7. The average molecular weight is 470 g/mol. The topological polar surface area (TPSA) is 54.7 Å². The lowest BCUT2D eigenvalue weighted by Gasteiger charge is -2.25. The maximum atomic E-state index is 13.1. The van der Waals surface area contributed by atoms with Crippen LogP contribution in [0.4, 0.5) is 5.69 Å². The second-order valence-corrected chi connectivity index (χ2v) is 10.9. The molecule has 1 heterocycles. The van der Waals surface area contributed by atoms with E-state index in [1.807, 2.05) is 62.4 Å². The third-order valence-corrected chi connectivity index (χ3v) is 9.02. The fourth-order valence-corrected chi connectivity index (χ4v) is 6.94. The summed E-state index contributed by atoms with van der Waals surface area (Å²) in [4.78, 5) is 6.26. The van der Waals surface area contributed by atoms with Crippen LogP contribution in [0.25, 0.3) is 11.3 Å². The molecule has 2 aromatic carbocycles. The van der Waals surface area contributed by atoms with E-state index in [0.717, 1.165) is 34.6 Å². The van der Waals surface area contributed by atoms with E-state index >= 15 is 0 Å². The van der Waals surface area contributed by atoms with Crippen LogP contribution in [0, 0.1) is 0 Å². The summed E-state index contributed by atoms with van der Waals surface area (Å²) in [5, 5.41) is 2.12. The van der Waals surface area contributed by atoms with Crippen LogP contribution in [0.3, 0.4) is 0 Å². The van der Waals surface area contributed by atoms with Gasteiger partial charge in [0, 0.05) is 30.1 Å². The number of benzene rings is 2. The minimum absolute atomic E-state index is 0.349. The predicted octanol–water partition coefficient (Wildman–Crippen LogP) is 5.98. The molecule has 4 rings (SSSR count). The zero-order valence-corrected chi connectivity index (χ0v) is 20.4. The van der Waals surface area contributed by atoms with E-state index in [4.69, 9.17) is 4.99 Å². The first-order valence-corrected chi connectivity index (χ1v) is 13.8. The standard InChI is InChI=1S/C25H31N3O2S2/c1-3-27(4-2)32(29,30)23-17-11-12-20(18-23)24-19-31-25(26-21-13-7-5-8-14-21)28(24)22-15-9-6-10-16-22/h5,7-8,11-14,17-19,22H,3-4,6,9-10,15-16H2,1-2H3. The van der Waals surface area contributed by atoms with Crippen molar-refractivity contribution in [2.24, 2.45) is 4.99 Å². The lowest BCUT2D eigenvalue weighted by atomic mass is 9.95. The van der Waals surface area contributed by atoms with Gasteiger partial charge in [-0.1, -0.05) is 63.4 Å². The molecule has 0 atom stereocenters. The minimum Gasteiger partial charge on any atom is -0.313 e. The Kier molecular flexibility index (Phi) is 7.28. The van der Waals surface area contributed by atoms with Gasteiger partial charge in [0.2, 0.25) is 10.0 Å². The van der Waals surface area contributed by atoms with Gasteiger partial charge in [-0.05, 0) is 37.1 Å². The highest BCUT2D eigenvalue weighted by Crippen LogP contribution is 2.33. The van der Waals surface area contributed by atoms with Gasteiger partial charge in [0.15, 0.2) is 4.80 Å². The third-order valence-electron chi connectivity index (χ3n) is 6.14. The maximum absolute atomic E-state index is 13.1. The van der Waals surface area contributed by atoms with Crippen molar-refractivity contribution in [2.45, 2.75) is 56.9 Å². The Morgan fingerprint density at radius 3 is 2.41 bits per heavy atom. The Labute approximate surface area is 195 Å². The second kappa shape index (κ2) is 10.1. The first kappa shape index (κ1) is 23.0. The maximum Gasteiger partial charge on any atom is 0.243 e. The van der Waals surface area contributed by atoms with Crippen LogP contribution in [0.15, 0.2) is 69.9 Å². The molecule has 0 aliphatic heterocycles. The molecule has 170 valence electrons. The highest BCUT2D eigenvalue weighted by molar-refractivity contribution is 7.89. The van der Waals surface area contributed by atoms with Crippen LogP contribution in [-0.2, 0) is 10.0 Å². The van der Waals surface area contributed by atoms with Crippen molar-refractivity contribution >= 4 is 27.0 Å². The van der Waals surface area contributed by atoms with Crippen molar-refractivity contribution in [2.75, 3.05) is 13.1 Å². The largest absolute Gasteiger partial charge is 0.313 e. The highest BCUT2D eigenvalue weighted by Gasteiger charge is 2.24. The van der Waals surface area contributed by atoms with Gasteiger partial charge in [-0.2, -0.15) is 4.31 Å². The van der Waals surface area contributed by atoms with E-state index in [2.05, 4.69) is 9.95 Å². The molecule has 1 fully saturated rings. The molecule has 7 heteroatoms. The van der Waals surface area contributed by atoms with E-state index in [1.54, 1.807) is 17.4 Å². The molecule has 0 spiro atoms. The smallest absolute Gasteiger partial charge is 0.243 e. The van der Waals surface area contributed by atoms with Crippen molar-refractivity contribution in [1.82, 2.24) is 8.87 Å². The van der Waals surface area contributed by atoms with Crippen LogP contribution in [-0.4, -0.2) is 30.4 Å². The van der Waals surface area contributed by atoms with Crippen LogP contribution in [0.5, 0.6) is 0 Å². The fraction of sp³-hybridized carbons (Fsp3) is 0.400. The molecule has 0 N–H and O–H groups in total. The summed E-state index contributed by atoms with van der Waals surface area (Å²) in [6.45, 7) is 4.67. The van der Waals surface area contributed by atoms with Crippen molar-refractivity contribution < 1.29 is 8.42 Å². The molecule has 0 bridgehead atoms. The Hall–Kier alpha value is -2.22. The zero-order chi connectivity index (χ0) is 22.6. The monoisotopic (exact) mass is 469 g/mol. The van der Waals surface area contributed by atoms with Crippen molar-refractivity contribution in [3.63, 3.8) is 0 Å². The van der Waals surface area contributed by atoms with Crippen LogP contribution in [0.1, 0.15) is 52.0 Å². The zero-order valence-electron chi connectivity index (χ0n) is 18.8. The van der Waals surface area contributed by atoms with E-state index in [9.17, 15) is 8.42 Å². The van der Waals surface area contributed by atoms with E-state index in [0.29, 0.717) is 24.0 Å². The number of nitrogens with zero attached hydrogens (tertiary/aromatic N) is 3. The first-order valence-electron chi connectivity index (χ1n) is 11.4.